The SMILES string of the molecule is Cc1noc(COCC(=O)N2CCOCC2c2cn(-c3nc4ccccc4s3)nn2)n1. The molecule has 0 N–H and O–H groups in total. The Morgan fingerprint density at radius 2 is 2.23 bits per heavy atom. The second kappa shape index (κ2) is 8.49. The summed E-state index contributed by atoms with van der Waals surface area (Å²) >= 11 is 1.53. The summed E-state index contributed by atoms with van der Waals surface area (Å²) in [6.45, 7) is 2.93. The molecule has 5 rings (SSSR count). The van der Waals surface area contributed by atoms with Gasteiger partial charge < -0.3 is 18.9 Å². The van der Waals surface area contributed by atoms with Crippen molar-refractivity contribution in [2.75, 3.05) is 26.4 Å². The van der Waals surface area contributed by atoms with Crippen molar-refractivity contribution in [2.24, 2.45) is 0 Å². The summed E-state index contributed by atoms with van der Waals surface area (Å²) in [7, 11) is 0. The summed E-state index contributed by atoms with van der Waals surface area (Å²) in [5.41, 5.74) is 1.55. The Hall–Kier alpha value is -3.22. The van der Waals surface area contributed by atoms with Crippen LogP contribution in [0.5, 0.6) is 0 Å². The highest BCUT2D eigenvalue weighted by molar-refractivity contribution is 7.20. The normalized spacial score (nSPS) is 16.8. The van der Waals surface area contributed by atoms with E-state index < -0.39 is 0 Å². The Labute approximate surface area is 180 Å². The molecule has 1 saturated heterocycles. The first-order valence-electron chi connectivity index (χ1n) is 9.70. The lowest BCUT2D eigenvalue weighted by atomic mass is 10.1. The van der Waals surface area contributed by atoms with E-state index in [0.717, 1.165) is 10.2 Å². The molecule has 4 aromatic rings. The van der Waals surface area contributed by atoms with Crippen molar-refractivity contribution in [1.82, 2.24) is 35.0 Å². The van der Waals surface area contributed by atoms with Gasteiger partial charge in [0.15, 0.2) is 5.82 Å². The van der Waals surface area contributed by atoms with Crippen LogP contribution in [0.15, 0.2) is 35.0 Å². The summed E-state index contributed by atoms with van der Waals surface area (Å²) in [5, 5.41) is 12.9. The van der Waals surface area contributed by atoms with Crippen molar-refractivity contribution in [3.8, 4) is 5.13 Å². The number of carbonyl (C=O) groups excluding carboxylic acids is 1. The molecule has 0 aliphatic carbocycles. The molecule has 0 bridgehead atoms. The molecular formula is C19H19N7O4S. The Morgan fingerprint density at radius 1 is 1.32 bits per heavy atom. The molecule has 0 saturated carbocycles. The molecule has 1 fully saturated rings. The van der Waals surface area contributed by atoms with Gasteiger partial charge in [-0.25, -0.2) is 4.98 Å². The lowest BCUT2D eigenvalue weighted by Gasteiger charge is -2.34. The molecule has 1 atom stereocenters. The summed E-state index contributed by atoms with van der Waals surface area (Å²) in [4.78, 5) is 23.1. The quantitative estimate of drug-likeness (QED) is 0.440. The lowest BCUT2D eigenvalue weighted by Crippen LogP contribution is -2.45. The van der Waals surface area contributed by atoms with Crippen LogP contribution in [0.25, 0.3) is 15.3 Å². The second-order valence-corrected chi connectivity index (χ2v) is 7.97. The van der Waals surface area contributed by atoms with E-state index in [-0.39, 0.29) is 25.2 Å². The summed E-state index contributed by atoms with van der Waals surface area (Å²) in [6, 6.07) is 7.54. The van der Waals surface area contributed by atoms with E-state index in [1.165, 1.54) is 11.3 Å². The largest absolute Gasteiger partial charge is 0.377 e. The second-order valence-electron chi connectivity index (χ2n) is 6.96. The van der Waals surface area contributed by atoms with E-state index >= 15 is 0 Å². The Kier molecular flexibility index (Phi) is 5.40. The van der Waals surface area contributed by atoms with Gasteiger partial charge in [0.2, 0.25) is 11.0 Å². The van der Waals surface area contributed by atoms with E-state index in [2.05, 4.69) is 25.4 Å². The van der Waals surface area contributed by atoms with Crippen molar-refractivity contribution in [3.63, 3.8) is 0 Å². The van der Waals surface area contributed by atoms with E-state index in [1.54, 1.807) is 22.7 Å². The fourth-order valence-electron chi connectivity index (χ4n) is 3.34. The molecule has 1 amide bonds. The number of fused-ring (bicyclic) bond motifs is 1. The van der Waals surface area contributed by atoms with Crippen molar-refractivity contribution in [1.29, 1.82) is 0 Å². The molecule has 1 aliphatic rings. The van der Waals surface area contributed by atoms with Gasteiger partial charge in [0.25, 0.3) is 5.89 Å². The van der Waals surface area contributed by atoms with Gasteiger partial charge in [0, 0.05) is 6.54 Å². The van der Waals surface area contributed by atoms with Crippen LogP contribution in [0.4, 0.5) is 0 Å². The first kappa shape index (κ1) is 19.7. The average Bonchev–Trinajstić information content (AvgIpc) is 3.53. The van der Waals surface area contributed by atoms with Gasteiger partial charge in [-0.1, -0.05) is 33.8 Å². The number of aryl methyl sites for hydroxylation is 1. The molecule has 1 unspecified atom stereocenters. The molecule has 1 aromatic carbocycles. The number of amides is 1. The maximum atomic E-state index is 12.8. The molecule has 12 heteroatoms. The number of para-hydroxylation sites is 1. The fourth-order valence-corrected chi connectivity index (χ4v) is 4.22. The summed E-state index contributed by atoms with van der Waals surface area (Å²) < 4.78 is 18.8. The molecule has 31 heavy (non-hydrogen) atoms. The molecule has 0 radical (unpaired) electrons. The third kappa shape index (κ3) is 4.17. The van der Waals surface area contributed by atoms with Crippen LogP contribution in [-0.4, -0.2) is 67.3 Å². The number of aromatic nitrogens is 6. The summed E-state index contributed by atoms with van der Waals surface area (Å²) in [6.07, 6.45) is 1.79. The van der Waals surface area contributed by atoms with Gasteiger partial charge >= 0.3 is 0 Å². The number of hydrogen-bond donors (Lipinski definition) is 0. The molecule has 3 aromatic heterocycles. The van der Waals surface area contributed by atoms with Crippen LogP contribution < -0.4 is 0 Å². The number of ether oxygens (including phenoxy) is 2. The number of thiazole rings is 1. The third-order valence-corrected chi connectivity index (χ3v) is 5.83. The van der Waals surface area contributed by atoms with Crippen LogP contribution in [0.1, 0.15) is 23.5 Å². The predicted molar refractivity (Wildman–Crippen MR) is 109 cm³/mol. The molecule has 1 aliphatic heterocycles. The van der Waals surface area contributed by atoms with Gasteiger partial charge in [-0.05, 0) is 19.1 Å². The zero-order chi connectivity index (χ0) is 21.2. The molecule has 160 valence electrons. The minimum absolute atomic E-state index is 0.0787. The van der Waals surface area contributed by atoms with Crippen molar-refractivity contribution in [3.05, 3.63) is 47.9 Å². The van der Waals surface area contributed by atoms with Crippen LogP contribution in [0.2, 0.25) is 0 Å². The van der Waals surface area contributed by atoms with Gasteiger partial charge in [-0.15, -0.1) is 5.10 Å². The van der Waals surface area contributed by atoms with E-state index in [9.17, 15) is 4.79 Å². The fraction of sp³-hybridized carbons (Fsp3) is 0.368. The highest BCUT2D eigenvalue weighted by Gasteiger charge is 2.31. The van der Waals surface area contributed by atoms with Crippen molar-refractivity contribution >= 4 is 27.5 Å². The Balaban J connectivity index is 1.28. The molecule has 4 heterocycles. The standard InChI is InChI=1S/C19H19N7O4S/c1-12-20-17(30-23-12)10-29-11-18(27)25-6-7-28-9-15(25)14-8-26(24-22-14)19-21-13-4-2-3-5-16(13)31-19/h2-5,8,15H,6-7,9-11H2,1H3. The zero-order valence-corrected chi connectivity index (χ0v) is 17.5. The number of carbonyl (C=O) groups is 1. The van der Waals surface area contributed by atoms with Gasteiger partial charge in [-0.3, -0.25) is 4.79 Å². The number of benzene rings is 1. The van der Waals surface area contributed by atoms with E-state index in [4.69, 9.17) is 14.0 Å². The minimum Gasteiger partial charge on any atom is -0.377 e. The van der Waals surface area contributed by atoms with Gasteiger partial charge in [0.1, 0.15) is 24.9 Å². The average molecular weight is 441 g/mol. The number of rotatable bonds is 6. The van der Waals surface area contributed by atoms with Crippen molar-refractivity contribution in [2.45, 2.75) is 19.6 Å². The van der Waals surface area contributed by atoms with Crippen molar-refractivity contribution < 1.29 is 18.8 Å². The smallest absolute Gasteiger partial charge is 0.252 e. The first-order valence-corrected chi connectivity index (χ1v) is 10.5. The zero-order valence-electron chi connectivity index (χ0n) is 16.7. The minimum atomic E-state index is -0.348. The highest BCUT2D eigenvalue weighted by atomic mass is 32.1. The lowest BCUT2D eigenvalue weighted by molar-refractivity contribution is -0.146. The Morgan fingerprint density at radius 3 is 3.06 bits per heavy atom. The molecule has 11 nitrogen and oxygen atoms in total. The predicted octanol–water partition coefficient (Wildman–Crippen LogP) is 1.69. The number of nitrogens with zero attached hydrogens (tertiary/aromatic N) is 7. The van der Waals surface area contributed by atoms with Crippen LogP contribution in [-0.2, 0) is 20.9 Å². The maximum absolute atomic E-state index is 12.8. The molecule has 0 spiro atoms. The van der Waals surface area contributed by atoms with Gasteiger partial charge in [0.05, 0.1) is 29.6 Å². The Bertz CT molecular complexity index is 1170. The summed E-state index contributed by atoms with van der Waals surface area (Å²) in [5.74, 6) is 0.691. The van der Waals surface area contributed by atoms with E-state index in [0.29, 0.717) is 42.3 Å². The van der Waals surface area contributed by atoms with Crippen LogP contribution >= 0.6 is 11.3 Å². The van der Waals surface area contributed by atoms with Gasteiger partial charge in [-0.2, -0.15) is 9.67 Å². The van der Waals surface area contributed by atoms with E-state index in [1.807, 2.05) is 24.3 Å². The molecular weight excluding hydrogens is 422 g/mol. The highest BCUT2D eigenvalue weighted by Crippen LogP contribution is 2.26. The monoisotopic (exact) mass is 441 g/mol. The first-order chi connectivity index (χ1) is 15.2. The maximum Gasteiger partial charge on any atom is 0.252 e. The topological polar surface area (TPSA) is 121 Å². The number of morpholine rings is 1. The third-order valence-electron chi connectivity index (χ3n) is 4.80. The van der Waals surface area contributed by atoms with Crippen LogP contribution in [0.3, 0.4) is 0 Å². The number of hydrogen-bond acceptors (Lipinski definition) is 10. The van der Waals surface area contributed by atoms with Crippen LogP contribution in [0, 0.1) is 6.92 Å².